The highest BCUT2D eigenvalue weighted by atomic mass is 16.4. The van der Waals surface area contributed by atoms with E-state index in [4.69, 9.17) is 0 Å². The Morgan fingerprint density at radius 3 is 2.38 bits per heavy atom. The molecular weight excluding hydrogens is 328 g/mol. The largest absolute Gasteiger partial charge is 0.477 e. The summed E-state index contributed by atoms with van der Waals surface area (Å²) < 4.78 is 0. The molecule has 0 bridgehead atoms. The molecule has 1 aromatic heterocycles. The van der Waals surface area contributed by atoms with Gasteiger partial charge in [0.2, 0.25) is 0 Å². The zero-order valence-corrected chi connectivity index (χ0v) is 13.8. The second kappa shape index (κ2) is 7.90. The third kappa shape index (κ3) is 4.21. The van der Waals surface area contributed by atoms with Crippen molar-refractivity contribution in [3.8, 4) is 11.1 Å². The second-order valence-corrected chi connectivity index (χ2v) is 5.55. The van der Waals surface area contributed by atoms with E-state index in [2.05, 4.69) is 10.3 Å². The molecule has 2 aromatic carbocycles. The number of carboxylic acids is 1. The summed E-state index contributed by atoms with van der Waals surface area (Å²) in [5.74, 6) is -1.68. The first kappa shape index (κ1) is 17.1. The van der Waals surface area contributed by atoms with Crippen LogP contribution in [0.25, 0.3) is 17.2 Å². The van der Waals surface area contributed by atoms with Gasteiger partial charge >= 0.3 is 5.97 Å². The molecule has 5 nitrogen and oxygen atoms in total. The third-order valence-corrected chi connectivity index (χ3v) is 3.71. The Balaban J connectivity index is 1.88. The van der Waals surface area contributed by atoms with Crippen molar-refractivity contribution in [2.45, 2.75) is 0 Å². The zero-order valence-electron chi connectivity index (χ0n) is 13.8. The van der Waals surface area contributed by atoms with E-state index in [9.17, 15) is 14.7 Å². The average Bonchev–Trinajstić information content (AvgIpc) is 2.69. The van der Waals surface area contributed by atoms with Crippen molar-refractivity contribution >= 4 is 18.0 Å². The number of hydrogen-bond acceptors (Lipinski definition) is 3. The molecular formula is C21H16N2O3. The van der Waals surface area contributed by atoms with Crippen LogP contribution in [-0.4, -0.2) is 22.0 Å². The molecule has 0 aliphatic heterocycles. The number of nitrogens with one attached hydrogen (secondary N) is 1. The first-order valence-corrected chi connectivity index (χ1v) is 7.95. The number of amides is 1. The zero-order chi connectivity index (χ0) is 18.4. The van der Waals surface area contributed by atoms with Crippen LogP contribution in [0.3, 0.4) is 0 Å². The molecule has 0 spiro atoms. The Kier molecular flexibility index (Phi) is 5.19. The molecule has 0 fully saturated rings. The summed E-state index contributed by atoms with van der Waals surface area (Å²) in [6.45, 7) is 0. The van der Waals surface area contributed by atoms with Crippen molar-refractivity contribution in [3.05, 3.63) is 95.9 Å². The molecule has 0 aliphatic rings. The van der Waals surface area contributed by atoms with Crippen LogP contribution >= 0.6 is 0 Å². The summed E-state index contributed by atoms with van der Waals surface area (Å²) in [6.07, 6.45) is 4.86. The normalized spacial score (nSPS) is 11.0. The Labute approximate surface area is 150 Å². The van der Waals surface area contributed by atoms with Gasteiger partial charge in [-0.05, 0) is 41.5 Å². The maximum atomic E-state index is 12.2. The van der Waals surface area contributed by atoms with Gasteiger partial charge in [-0.25, -0.2) is 4.79 Å². The van der Waals surface area contributed by atoms with Gasteiger partial charge in [-0.15, -0.1) is 0 Å². The van der Waals surface area contributed by atoms with Gasteiger partial charge in [-0.1, -0.05) is 42.5 Å². The number of carbonyl (C=O) groups is 2. The van der Waals surface area contributed by atoms with Crippen molar-refractivity contribution in [2.24, 2.45) is 0 Å². The van der Waals surface area contributed by atoms with Gasteiger partial charge in [0, 0.05) is 23.5 Å². The SMILES string of the molecule is O=C(O)/C(=C/c1cccc(-c2cccnc2)c1)NC(=O)c1ccccc1. The van der Waals surface area contributed by atoms with Gasteiger partial charge in [0.05, 0.1) is 0 Å². The van der Waals surface area contributed by atoms with Crippen LogP contribution in [-0.2, 0) is 4.79 Å². The third-order valence-electron chi connectivity index (χ3n) is 3.71. The monoisotopic (exact) mass is 344 g/mol. The predicted octanol–water partition coefficient (Wildman–Crippen LogP) is 3.60. The molecule has 0 radical (unpaired) electrons. The number of pyridine rings is 1. The molecule has 0 saturated carbocycles. The molecule has 0 unspecified atom stereocenters. The number of hydrogen-bond donors (Lipinski definition) is 2. The van der Waals surface area contributed by atoms with Gasteiger partial charge in [-0.2, -0.15) is 0 Å². The first-order valence-electron chi connectivity index (χ1n) is 7.95. The molecule has 5 heteroatoms. The van der Waals surface area contributed by atoms with Gasteiger partial charge in [0.25, 0.3) is 5.91 Å². The highest BCUT2D eigenvalue weighted by Gasteiger charge is 2.13. The van der Waals surface area contributed by atoms with E-state index in [0.717, 1.165) is 11.1 Å². The molecule has 26 heavy (non-hydrogen) atoms. The van der Waals surface area contributed by atoms with E-state index in [1.165, 1.54) is 6.08 Å². The van der Waals surface area contributed by atoms with Gasteiger partial charge in [-0.3, -0.25) is 9.78 Å². The van der Waals surface area contributed by atoms with Gasteiger partial charge in [0.1, 0.15) is 5.70 Å². The fourth-order valence-electron chi connectivity index (χ4n) is 2.44. The van der Waals surface area contributed by atoms with Crippen LogP contribution in [0.2, 0.25) is 0 Å². The minimum absolute atomic E-state index is 0.192. The summed E-state index contributed by atoms with van der Waals surface area (Å²) in [5.41, 5.74) is 2.70. The maximum Gasteiger partial charge on any atom is 0.352 e. The Morgan fingerprint density at radius 2 is 1.69 bits per heavy atom. The second-order valence-electron chi connectivity index (χ2n) is 5.55. The summed E-state index contributed by atoms with van der Waals surface area (Å²) in [7, 11) is 0. The highest BCUT2D eigenvalue weighted by Crippen LogP contribution is 2.20. The molecule has 128 valence electrons. The molecule has 0 aliphatic carbocycles. The molecule has 1 amide bonds. The fourth-order valence-corrected chi connectivity index (χ4v) is 2.44. The van der Waals surface area contributed by atoms with E-state index < -0.39 is 11.9 Å². The van der Waals surface area contributed by atoms with E-state index in [1.54, 1.807) is 48.8 Å². The fraction of sp³-hybridized carbons (Fsp3) is 0. The topological polar surface area (TPSA) is 79.3 Å². The first-order chi connectivity index (χ1) is 12.6. The lowest BCUT2D eigenvalue weighted by molar-refractivity contribution is -0.132. The molecule has 0 saturated heterocycles. The summed E-state index contributed by atoms with van der Waals surface area (Å²) >= 11 is 0. The van der Waals surface area contributed by atoms with Gasteiger partial charge < -0.3 is 10.4 Å². The summed E-state index contributed by atoms with van der Waals surface area (Å²) in [4.78, 5) is 27.8. The number of carboxylic acid groups (broad SMARTS) is 1. The number of carbonyl (C=O) groups excluding carboxylic acids is 1. The predicted molar refractivity (Wildman–Crippen MR) is 99.2 cm³/mol. The van der Waals surface area contributed by atoms with Crippen molar-refractivity contribution in [1.82, 2.24) is 10.3 Å². The van der Waals surface area contributed by atoms with Crippen molar-refractivity contribution < 1.29 is 14.7 Å². The van der Waals surface area contributed by atoms with Crippen LogP contribution in [0.5, 0.6) is 0 Å². The highest BCUT2D eigenvalue weighted by molar-refractivity contribution is 6.02. The number of nitrogens with zero attached hydrogens (tertiary/aromatic N) is 1. The molecule has 1 heterocycles. The van der Waals surface area contributed by atoms with Crippen LogP contribution < -0.4 is 5.32 Å². The number of aromatic nitrogens is 1. The van der Waals surface area contributed by atoms with Crippen LogP contribution in [0.15, 0.2) is 84.8 Å². The minimum atomic E-state index is -1.21. The Hall–Kier alpha value is -3.73. The lowest BCUT2D eigenvalue weighted by Gasteiger charge is -2.07. The smallest absolute Gasteiger partial charge is 0.352 e. The van der Waals surface area contributed by atoms with E-state index in [0.29, 0.717) is 11.1 Å². The van der Waals surface area contributed by atoms with Crippen molar-refractivity contribution in [3.63, 3.8) is 0 Å². The van der Waals surface area contributed by atoms with Crippen LogP contribution in [0.4, 0.5) is 0 Å². The van der Waals surface area contributed by atoms with Crippen molar-refractivity contribution in [2.75, 3.05) is 0 Å². The van der Waals surface area contributed by atoms with Crippen LogP contribution in [0.1, 0.15) is 15.9 Å². The lowest BCUT2D eigenvalue weighted by Crippen LogP contribution is -2.27. The molecule has 3 aromatic rings. The van der Waals surface area contributed by atoms with Gasteiger partial charge in [0.15, 0.2) is 0 Å². The summed E-state index contributed by atoms with van der Waals surface area (Å²) in [5, 5.41) is 11.9. The average molecular weight is 344 g/mol. The van der Waals surface area contributed by atoms with Crippen LogP contribution in [0, 0.1) is 0 Å². The minimum Gasteiger partial charge on any atom is -0.477 e. The number of benzene rings is 2. The van der Waals surface area contributed by atoms with Crippen molar-refractivity contribution in [1.29, 1.82) is 0 Å². The van der Waals surface area contributed by atoms with E-state index in [1.807, 2.05) is 30.3 Å². The molecule has 3 rings (SSSR count). The quantitative estimate of drug-likeness (QED) is 0.693. The molecule has 0 atom stereocenters. The Morgan fingerprint density at radius 1 is 0.923 bits per heavy atom. The molecule has 2 N–H and O–H groups in total. The number of aliphatic carboxylic acids is 1. The number of rotatable bonds is 5. The Bertz CT molecular complexity index is 951. The lowest BCUT2D eigenvalue weighted by atomic mass is 10.0. The summed E-state index contributed by atoms with van der Waals surface area (Å²) in [6, 6.07) is 19.6. The van der Waals surface area contributed by atoms with E-state index in [-0.39, 0.29) is 5.70 Å². The standard InChI is InChI=1S/C21H16N2O3/c24-20(16-7-2-1-3-8-16)23-19(21(25)26)13-15-6-4-9-17(12-15)18-10-5-11-22-14-18/h1-14H,(H,23,24)(H,25,26)/b19-13-. The van der Waals surface area contributed by atoms with E-state index >= 15 is 0 Å². The maximum absolute atomic E-state index is 12.2.